The maximum Gasteiger partial charge on any atom is 0.407 e. The molecule has 7 nitrogen and oxygen atoms in total. The number of benzene rings is 1. The molecule has 2 unspecified atom stereocenters. The van der Waals surface area contributed by atoms with E-state index in [0.717, 1.165) is 37.5 Å². The molecule has 2 atom stereocenters. The number of rotatable bonds is 10. The Hall–Kier alpha value is -1.71. The molecule has 1 aromatic rings. The van der Waals surface area contributed by atoms with E-state index in [1.807, 2.05) is 19.1 Å². The molecule has 0 radical (unpaired) electrons. The average molecular weight is 518 g/mol. The number of carbonyl (C=O) groups excluding carboxylic acids is 1. The third-order valence-corrected chi connectivity index (χ3v) is 5.04. The fraction of sp³-hybridized carbons (Fsp3) is 0.619. The Morgan fingerprint density at radius 1 is 1.24 bits per heavy atom. The van der Waals surface area contributed by atoms with Gasteiger partial charge in [0.2, 0.25) is 0 Å². The van der Waals surface area contributed by atoms with Crippen LogP contribution in [0.4, 0.5) is 4.79 Å². The van der Waals surface area contributed by atoms with Gasteiger partial charge in [-0.15, -0.1) is 24.0 Å². The molecule has 3 N–H and O–H groups in total. The van der Waals surface area contributed by atoms with E-state index >= 15 is 0 Å². The predicted molar refractivity (Wildman–Crippen MR) is 127 cm³/mol. The zero-order chi connectivity index (χ0) is 20.4. The normalized spacial score (nSPS) is 15.5. The van der Waals surface area contributed by atoms with Crippen LogP contribution in [-0.4, -0.2) is 51.9 Å². The number of nitrogens with one attached hydrogen (secondary N) is 3. The van der Waals surface area contributed by atoms with Gasteiger partial charge in [-0.2, -0.15) is 0 Å². The highest BCUT2D eigenvalue weighted by Crippen LogP contribution is 2.32. The Kier molecular flexibility index (Phi) is 11.8. The predicted octanol–water partition coefficient (Wildman–Crippen LogP) is 3.50. The number of guanidine groups is 1. The van der Waals surface area contributed by atoms with Crippen LogP contribution in [0, 0.1) is 5.92 Å². The monoisotopic (exact) mass is 518 g/mol. The minimum atomic E-state index is -0.350. The number of nitrogens with zero attached hydrogens (tertiary/aromatic N) is 1. The average Bonchev–Trinajstić information content (AvgIpc) is 3.54. The standard InChI is InChI=1S/C21H34N4O3.HI/c1-5-28-21(26)25-19(17-6-7-17)14-24-20(22-3)23-13-12-15(2)16-8-10-18(27-4)11-9-16;/h8-11,15,17,19H,5-7,12-14H2,1-4H3,(H,25,26)(H2,22,23,24);1H. The third kappa shape index (κ3) is 9.10. The summed E-state index contributed by atoms with van der Waals surface area (Å²) in [5.41, 5.74) is 1.29. The first-order chi connectivity index (χ1) is 13.6. The van der Waals surface area contributed by atoms with Gasteiger partial charge in [0.1, 0.15) is 5.75 Å². The van der Waals surface area contributed by atoms with Gasteiger partial charge in [0.05, 0.1) is 19.8 Å². The van der Waals surface area contributed by atoms with Crippen molar-refractivity contribution in [1.82, 2.24) is 16.0 Å². The summed E-state index contributed by atoms with van der Waals surface area (Å²) in [6, 6.07) is 8.27. The molecule has 0 aliphatic heterocycles. The lowest BCUT2D eigenvalue weighted by Gasteiger charge is -2.20. The van der Waals surface area contributed by atoms with Crippen LogP contribution in [0.1, 0.15) is 44.6 Å². The first kappa shape index (κ1) is 25.3. The van der Waals surface area contributed by atoms with E-state index in [4.69, 9.17) is 9.47 Å². The van der Waals surface area contributed by atoms with Crippen LogP contribution in [0.25, 0.3) is 0 Å². The molecule has 1 aliphatic carbocycles. The number of ether oxygens (including phenoxy) is 2. The van der Waals surface area contributed by atoms with Crippen molar-refractivity contribution in [3.63, 3.8) is 0 Å². The van der Waals surface area contributed by atoms with E-state index in [0.29, 0.717) is 25.0 Å². The maximum atomic E-state index is 11.7. The lowest BCUT2D eigenvalue weighted by atomic mass is 9.98. The van der Waals surface area contributed by atoms with Crippen LogP contribution in [-0.2, 0) is 4.74 Å². The van der Waals surface area contributed by atoms with E-state index in [1.165, 1.54) is 5.56 Å². The molecule has 8 heteroatoms. The van der Waals surface area contributed by atoms with E-state index < -0.39 is 0 Å². The summed E-state index contributed by atoms with van der Waals surface area (Å²) in [5, 5.41) is 9.62. The first-order valence-electron chi connectivity index (χ1n) is 10.1. The number of hydrogen-bond acceptors (Lipinski definition) is 4. The van der Waals surface area contributed by atoms with Crippen LogP contribution in [0.3, 0.4) is 0 Å². The van der Waals surface area contributed by atoms with Crippen molar-refractivity contribution in [2.75, 3.05) is 33.9 Å². The highest BCUT2D eigenvalue weighted by Gasteiger charge is 2.32. The second-order valence-electron chi connectivity index (χ2n) is 7.15. The molecule has 164 valence electrons. The van der Waals surface area contributed by atoms with Gasteiger partial charge in [-0.1, -0.05) is 19.1 Å². The number of carbonyl (C=O) groups is 1. The van der Waals surface area contributed by atoms with Crippen LogP contribution < -0.4 is 20.7 Å². The highest BCUT2D eigenvalue weighted by atomic mass is 127. The van der Waals surface area contributed by atoms with Crippen molar-refractivity contribution < 1.29 is 14.3 Å². The van der Waals surface area contributed by atoms with Crippen LogP contribution in [0.15, 0.2) is 29.3 Å². The minimum absolute atomic E-state index is 0. The quantitative estimate of drug-likeness (QED) is 0.251. The summed E-state index contributed by atoms with van der Waals surface area (Å²) < 4.78 is 10.2. The van der Waals surface area contributed by atoms with Gasteiger partial charge in [-0.3, -0.25) is 4.99 Å². The van der Waals surface area contributed by atoms with Crippen molar-refractivity contribution in [3.05, 3.63) is 29.8 Å². The Labute approximate surface area is 191 Å². The van der Waals surface area contributed by atoms with Crippen LogP contribution in [0.5, 0.6) is 5.75 Å². The Bertz CT molecular complexity index is 635. The van der Waals surface area contributed by atoms with Crippen molar-refractivity contribution in [2.24, 2.45) is 10.9 Å². The van der Waals surface area contributed by atoms with Gasteiger partial charge < -0.3 is 25.4 Å². The molecule has 29 heavy (non-hydrogen) atoms. The van der Waals surface area contributed by atoms with Crippen LogP contribution in [0.2, 0.25) is 0 Å². The summed E-state index contributed by atoms with van der Waals surface area (Å²) in [6.45, 7) is 5.85. The lowest BCUT2D eigenvalue weighted by molar-refractivity contribution is 0.146. The second kappa shape index (κ2) is 13.5. The van der Waals surface area contributed by atoms with E-state index in [-0.39, 0.29) is 36.1 Å². The smallest absolute Gasteiger partial charge is 0.407 e. The molecule has 0 spiro atoms. The number of aliphatic imine (C=N–C) groups is 1. The van der Waals surface area contributed by atoms with Crippen molar-refractivity contribution in [2.45, 2.75) is 45.1 Å². The molecule has 0 aromatic heterocycles. The molecular weight excluding hydrogens is 483 g/mol. The molecule has 2 rings (SSSR count). The zero-order valence-electron chi connectivity index (χ0n) is 17.9. The summed E-state index contributed by atoms with van der Waals surface area (Å²) in [7, 11) is 3.43. The molecule has 0 saturated heterocycles. The zero-order valence-corrected chi connectivity index (χ0v) is 20.2. The topological polar surface area (TPSA) is 84.0 Å². The van der Waals surface area contributed by atoms with Crippen LogP contribution >= 0.6 is 24.0 Å². The van der Waals surface area contributed by atoms with Crippen molar-refractivity contribution in [1.29, 1.82) is 0 Å². The molecule has 1 aliphatic rings. The van der Waals surface area contributed by atoms with Gasteiger partial charge in [0.25, 0.3) is 0 Å². The van der Waals surface area contributed by atoms with Gasteiger partial charge in [-0.25, -0.2) is 4.79 Å². The first-order valence-corrected chi connectivity index (χ1v) is 10.1. The summed E-state index contributed by atoms with van der Waals surface area (Å²) in [5.74, 6) is 2.57. The largest absolute Gasteiger partial charge is 0.497 e. The molecule has 1 aromatic carbocycles. The Balaban J connectivity index is 0.00000420. The summed E-state index contributed by atoms with van der Waals surface area (Å²) >= 11 is 0. The number of methoxy groups -OCH3 is 1. The number of hydrogen-bond donors (Lipinski definition) is 3. The second-order valence-corrected chi connectivity index (χ2v) is 7.15. The molecule has 1 saturated carbocycles. The molecular formula is C21H35IN4O3. The molecule has 0 bridgehead atoms. The minimum Gasteiger partial charge on any atom is -0.497 e. The maximum absolute atomic E-state index is 11.7. The van der Waals surface area contributed by atoms with Gasteiger partial charge in [0.15, 0.2) is 5.96 Å². The van der Waals surface area contributed by atoms with Crippen molar-refractivity contribution in [3.8, 4) is 5.75 Å². The Morgan fingerprint density at radius 2 is 1.93 bits per heavy atom. The highest BCUT2D eigenvalue weighted by molar-refractivity contribution is 14.0. The summed E-state index contributed by atoms with van der Waals surface area (Å²) in [4.78, 5) is 16.0. The fourth-order valence-corrected chi connectivity index (χ4v) is 3.09. The molecule has 0 heterocycles. The van der Waals surface area contributed by atoms with E-state index in [2.05, 4.69) is 40.0 Å². The fourth-order valence-electron chi connectivity index (χ4n) is 3.09. The van der Waals surface area contributed by atoms with Crippen molar-refractivity contribution >= 4 is 36.0 Å². The van der Waals surface area contributed by atoms with Gasteiger partial charge in [0, 0.05) is 20.1 Å². The molecule has 1 amide bonds. The number of halogens is 1. The Morgan fingerprint density at radius 3 is 2.48 bits per heavy atom. The third-order valence-electron chi connectivity index (χ3n) is 5.04. The number of alkyl carbamates (subject to hydrolysis) is 1. The van der Waals surface area contributed by atoms with Gasteiger partial charge in [-0.05, 0) is 55.7 Å². The number of amides is 1. The SMILES string of the molecule is CCOC(=O)NC(CNC(=NC)NCCC(C)c1ccc(OC)cc1)C1CC1.I. The van der Waals surface area contributed by atoms with Gasteiger partial charge >= 0.3 is 6.09 Å². The summed E-state index contributed by atoms with van der Waals surface area (Å²) in [6.07, 6.45) is 2.92. The lowest BCUT2D eigenvalue weighted by Crippen LogP contribution is -2.48. The van der Waals surface area contributed by atoms with E-state index in [9.17, 15) is 4.79 Å². The molecule has 1 fully saturated rings. The van der Waals surface area contributed by atoms with E-state index in [1.54, 1.807) is 14.2 Å².